The molecule has 2 unspecified atom stereocenters. The Morgan fingerprint density at radius 3 is 2.52 bits per heavy atom. The maximum absolute atomic E-state index is 12.5. The van der Waals surface area contributed by atoms with Gasteiger partial charge in [0.1, 0.15) is 5.65 Å². The van der Waals surface area contributed by atoms with Crippen LogP contribution in [-0.2, 0) is 0 Å². The molecule has 118 valence electrons. The van der Waals surface area contributed by atoms with Crippen LogP contribution >= 0.6 is 0 Å². The van der Waals surface area contributed by atoms with E-state index in [0.29, 0.717) is 30.6 Å². The van der Waals surface area contributed by atoms with Crippen LogP contribution < -0.4 is 10.5 Å². The number of rotatable bonds is 2. The number of pyridine rings is 1. The molecule has 4 rings (SSSR count). The highest BCUT2D eigenvalue weighted by Gasteiger charge is 2.37. The lowest BCUT2D eigenvalue weighted by Gasteiger charge is -2.17. The number of hydrogen-bond acceptors (Lipinski definition) is 5. The fourth-order valence-electron chi connectivity index (χ4n) is 3.64. The second-order valence-corrected chi connectivity index (χ2v) is 6.14. The van der Waals surface area contributed by atoms with Crippen LogP contribution in [0.15, 0.2) is 41.3 Å². The van der Waals surface area contributed by atoms with Crippen molar-refractivity contribution in [1.29, 1.82) is 0 Å². The highest BCUT2D eigenvalue weighted by molar-refractivity contribution is 5.62. The van der Waals surface area contributed by atoms with Crippen LogP contribution in [0.2, 0.25) is 0 Å². The minimum absolute atomic E-state index is 0.209. The van der Waals surface area contributed by atoms with Crippen molar-refractivity contribution in [2.75, 3.05) is 18.0 Å². The summed E-state index contributed by atoms with van der Waals surface area (Å²) in [6, 6.07) is 5.12. The van der Waals surface area contributed by atoms with Crippen molar-refractivity contribution in [1.82, 2.24) is 9.38 Å². The molecule has 1 aliphatic carbocycles. The van der Waals surface area contributed by atoms with Crippen LogP contribution in [0.1, 0.15) is 12.8 Å². The third-order valence-electron chi connectivity index (χ3n) is 4.79. The summed E-state index contributed by atoms with van der Waals surface area (Å²) in [6.07, 6.45) is 7.82. The third-order valence-corrected chi connectivity index (χ3v) is 4.79. The van der Waals surface area contributed by atoms with Crippen LogP contribution in [0.4, 0.5) is 11.5 Å². The van der Waals surface area contributed by atoms with Gasteiger partial charge in [0.2, 0.25) is 5.82 Å². The average Bonchev–Trinajstić information content (AvgIpc) is 2.98. The molecule has 2 aliphatic rings. The normalized spacial score (nSPS) is 23.2. The molecule has 0 N–H and O–H groups in total. The van der Waals surface area contributed by atoms with Crippen molar-refractivity contribution in [2.24, 2.45) is 11.8 Å². The van der Waals surface area contributed by atoms with E-state index < -0.39 is 16.2 Å². The zero-order chi connectivity index (χ0) is 16.0. The monoisotopic (exact) mass is 312 g/mol. The molecule has 23 heavy (non-hydrogen) atoms. The Kier molecular flexibility index (Phi) is 3.14. The fraction of sp³-hybridized carbons (Fsp3) is 0.375. The zero-order valence-corrected chi connectivity index (χ0v) is 12.5. The number of allylic oxidation sites excluding steroid dienone is 2. The number of aromatic nitrogens is 2. The van der Waals surface area contributed by atoms with Crippen molar-refractivity contribution < 1.29 is 4.92 Å². The molecule has 1 saturated heterocycles. The van der Waals surface area contributed by atoms with Crippen molar-refractivity contribution >= 4 is 17.2 Å². The highest BCUT2D eigenvalue weighted by atomic mass is 16.6. The summed E-state index contributed by atoms with van der Waals surface area (Å²) < 4.78 is 1.23. The second kappa shape index (κ2) is 5.19. The molecule has 0 spiro atoms. The minimum atomic E-state index is -0.622. The van der Waals surface area contributed by atoms with E-state index in [-0.39, 0.29) is 5.82 Å². The van der Waals surface area contributed by atoms with Gasteiger partial charge < -0.3 is 4.90 Å². The number of nitrogens with zero attached hydrogens (tertiary/aromatic N) is 4. The molecule has 0 amide bonds. The Morgan fingerprint density at radius 1 is 1.17 bits per heavy atom. The molecule has 0 radical (unpaired) electrons. The standard InChI is InChI=1S/C16H16N4O3/c21-16-14(20(22)23)15(17-13-7-3-4-8-19(13)16)18-9-11-5-1-2-6-12(11)10-18/h1-4,7-8,11-12H,5-6,9-10H2. The number of fused-ring (bicyclic) bond motifs is 2. The Bertz CT molecular complexity index is 857. The van der Waals surface area contributed by atoms with E-state index in [1.54, 1.807) is 18.2 Å². The van der Waals surface area contributed by atoms with Gasteiger partial charge in [-0.05, 0) is 36.8 Å². The van der Waals surface area contributed by atoms with E-state index >= 15 is 0 Å². The molecule has 0 bridgehead atoms. The number of anilines is 1. The van der Waals surface area contributed by atoms with Gasteiger partial charge in [0, 0.05) is 19.3 Å². The molecule has 7 nitrogen and oxygen atoms in total. The second-order valence-electron chi connectivity index (χ2n) is 6.14. The highest BCUT2D eigenvalue weighted by Crippen LogP contribution is 2.36. The van der Waals surface area contributed by atoms with Crippen LogP contribution in [0, 0.1) is 22.0 Å². The van der Waals surface area contributed by atoms with Gasteiger partial charge in [0.05, 0.1) is 4.92 Å². The minimum Gasteiger partial charge on any atom is -0.350 e. The first-order valence-corrected chi connectivity index (χ1v) is 7.71. The topological polar surface area (TPSA) is 80.8 Å². The van der Waals surface area contributed by atoms with Crippen LogP contribution in [0.5, 0.6) is 0 Å². The molecule has 0 saturated carbocycles. The first kappa shape index (κ1) is 13.9. The van der Waals surface area contributed by atoms with Crippen molar-refractivity contribution in [3.63, 3.8) is 0 Å². The molecule has 2 atom stereocenters. The molecule has 7 heteroatoms. The predicted octanol–water partition coefficient (Wildman–Crippen LogP) is 2.01. The van der Waals surface area contributed by atoms with E-state index in [2.05, 4.69) is 17.1 Å². The smallest absolute Gasteiger partial charge is 0.350 e. The SMILES string of the molecule is O=c1c([N+](=O)[O-])c(N2CC3CC=CCC3C2)nc2ccccn12. The number of nitro groups is 1. The Hall–Kier alpha value is -2.70. The molecule has 2 aromatic rings. The molecule has 0 aromatic carbocycles. The van der Waals surface area contributed by atoms with Gasteiger partial charge in [-0.25, -0.2) is 4.98 Å². The lowest BCUT2D eigenvalue weighted by atomic mass is 9.86. The lowest BCUT2D eigenvalue weighted by Crippen LogP contribution is -2.28. The summed E-state index contributed by atoms with van der Waals surface area (Å²) in [7, 11) is 0. The maximum Gasteiger partial charge on any atom is 0.376 e. The third kappa shape index (κ3) is 2.19. The fourth-order valence-corrected chi connectivity index (χ4v) is 3.64. The molecule has 3 heterocycles. The zero-order valence-electron chi connectivity index (χ0n) is 12.5. The van der Waals surface area contributed by atoms with E-state index in [4.69, 9.17) is 0 Å². The Balaban J connectivity index is 1.85. The lowest BCUT2D eigenvalue weighted by molar-refractivity contribution is -0.385. The molecular formula is C16H16N4O3. The molecular weight excluding hydrogens is 296 g/mol. The van der Waals surface area contributed by atoms with Gasteiger partial charge in [-0.3, -0.25) is 19.3 Å². The molecule has 1 aliphatic heterocycles. The Labute approximate surface area is 132 Å². The first-order chi connectivity index (χ1) is 11.1. The van der Waals surface area contributed by atoms with Crippen LogP contribution in [-0.4, -0.2) is 27.4 Å². The van der Waals surface area contributed by atoms with Gasteiger partial charge in [-0.2, -0.15) is 0 Å². The predicted molar refractivity (Wildman–Crippen MR) is 85.7 cm³/mol. The van der Waals surface area contributed by atoms with Gasteiger partial charge in [0.15, 0.2) is 0 Å². The quantitative estimate of drug-likeness (QED) is 0.481. The average molecular weight is 312 g/mol. The summed E-state index contributed by atoms with van der Waals surface area (Å²) in [6.45, 7) is 1.43. The van der Waals surface area contributed by atoms with Gasteiger partial charge in [-0.15, -0.1) is 0 Å². The molecule has 2 aromatic heterocycles. The van der Waals surface area contributed by atoms with Crippen molar-refractivity contribution in [2.45, 2.75) is 12.8 Å². The van der Waals surface area contributed by atoms with E-state index in [1.165, 1.54) is 10.6 Å². The number of hydrogen-bond donors (Lipinski definition) is 0. The van der Waals surface area contributed by atoms with Crippen molar-refractivity contribution in [3.05, 3.63) is 57.0 Å². The summed E-state index contributed by atoms with van der Waals surface area (Å²) in [4.78, 5) is 29.7. The summed E-state index contributed by atoms with van der Waals surface area (Å²) in [5, 5.41) is 11.5. The van der Waals surface area contributed by atoms with E-state index in [1.807, 2.05) is 4.90 Å². The first-order valence-electron chi connectivity index (χ1n) is 7.71. The molecule has 1 fully saturated rings. The van der Waals surface area contributed by atoms with Crippen molar-refractivity contribution in [3.8, 4) is 0 Å². The largest absolute Gasteiger partial charge is 0.376 e. The summed E-state index contributed by atoms with van der Waals surface area (Å²) in [5.41, 5.74) is -0.616. The van der Waals surface area contributed by atoms with Gasteiger partial charge in [-0.1, -0.05) is 18.2 Å². The van der Waals surface area contributed by atoms with Gasteiger partial charge >= 0.3 is 11.2 Å². The summed E-state index contributed by atoms with van der Waals surface area (Å²) >= 11 is 0. The van der Waals surface area contributed by atoms with Crippen LogP contribution in [0.3, 0.4) is 0 Å². The summed E-state index contributed by atoms with van der Waals surface area (Å²) in [5.74, 6) is 1.17. The van der Waals surface area contributed by atoms with Crippen LogP contribution in [0.25, 0.3) is 5.65 Å². The van der Waals surface area contributed by atoms with E-state index in [9.17, 15) is 14.9 Å². The Morgan fingerprint density at radius 2 is 1.87 bits per heavy atom. The van der Waals surface area contributed by atoms with E-state index in [0.717, 1.165) is 12.8 Å². The maximum atomic E-state index is 12.5. The van der Waals surface area contributed by atoms with Gasteiger partial charge in [0.25, 0.3) is 0 Å².